The van der Waals surface area contributed by atoms with Crippen LogP contribution in [-0.4, -0.2) is 0 Å². The Morgan fingerprint density at radius 2 is 0.714 bits per heavy atom. The molecule has 0 spiro atoms. The van der Waals surface area contributed by atoms with E-state index in [2.05, 4.69) is 0 Å². The predicted molar refractivity (Wildman–Crippen MR) is 24.0 cm³/mol. The van der Waals surface area contributed by atoms with E-state index >= 15 is 0 Å². The summed E-state index contributed by atoms with van der Waals surface area (Å²) < 4.78 is 0. The summed E-state index contributed by atoms with van der Waals surface area (Å²) in [6.45, 7) is 0. The molecule has 46 valence electrons. The smallest absolute Gasteiger partial charge is 0.693 e. The zero-order valence-corrected chi connectivity index (χ0v) is 5.45. The van der Waals surface area contributed by atoms with Crippen LogP contribution in [0.25, 0.3) is 23.5 Å². The Balaban J connectivity index is -0.00000000267. The second-order valence-corrected chi connectivity index (χ2v) is 0. The maximum Gasteiger partial charge on any atom is 4.00 e. The fraction of sp³-hybridized carbons (Fsp3) is 0. The molecule has 6 nitrogen and oxygen atoms in total. The van der Waals surface area contributed by atoms with Gasteiger partial charge in [0.25, 0.3) is 0 Å². The Kier molecular flexibility index (Phi) is 36700. The van der Waals surface area contributed by atoms with Gasteiger partial charge in [-0.25, -0.2) is 0 Å². The van der Waals surface area contributed by atoms with E-state index in [1.54, 1.807) is 0 Å². The molecule has 0 aliphatic rings. The van der Waals surface area contributed by atoms with Crippen molar-refractivity contribution in [1.29, 1.82) is 0 Å². The Morgan fingerprint density at radius 1 is 0.714 bits per heavy atom. The van der Waals surface area contributed by atoms with E-state index < -0.39 is 0 Å². The van der Waals surface area contributed by atoms with Crippen molar-refractivity contribution in [3.05, 3.63) is 33.3 Å². The summed E-state index contributed by atoms with van der Waals surface area (Å²) in [7, 11) is 0. The summed E-state index contributed by atoms with van der Waals surface area (Å²) >= 11 is 0. The van der Waals surface area contributed by atoms with Gasteiger partial charge in [0.2, 0.25) is 0 Å². The van der Waals surface area contributed by atoms with Gasteiger partial charge < -0.3 is 33.3 Å². The van der Waals surface area contributed by atoms with Crippen molar-refractivity contribution >= 4 is 0 Å². The first-order chi connectivity index (χ1) is 2.00. The minimum atomic E-state index is 0. The minimum Gasteiger partial charge on any atom is -0.693 e. The van der Waals surface area contributed by atoms with Crippen LogP contribution in [0.15, 0.2) is 0 Å². The Hall–Kier alpha value is -0.192. The zero-order valence-electron chi connectivity index (χ0n) is 3.18. The van der Waals surface area contributed by atoms with Crippen LogP contribution in [0.5, 0.6) is 0 Å². The monoisotopic (exact) mass is 287 g/mol. The van der Waals surface area contributed by atoms with E-state index in [0.29, 0.717) is 0 Å². The second-order valence-electron chi connectivity index (χ2n) is 0. The number of nitroso groups, excluding NO2 is 2. The molecule has 0 radical (unpaired) electrons. The molecule has 0 atom stereocenters. The predicted octanol–water partition coefficient (Wildman–Crippen LogP) is 2.08. The molecule has 0 aliphatic heterocycles. The van der Waals surface area contributed by atoms with Crippen LogP contribution >= 0.6 is 0 Å². The molecule has 0 aromatic rings. The van der Waals surface area contributed by atoms with Gasteiger partial charge in [-0.2, -0.15) is 0 Å². The van der Waals surface area contributed by atoms with Crippen LogP contribution in [0.3, 0.4) is 0 Å². The first-order valence-corrected chi connectivity index (χ1v) is 0.365. The number of hydrogen-bond acceptors (Lipinski definition) is 2. The maximum absolute atomic E-state index is 7.25. The molecule has 7 heavy (non-hydrogen) atoms. The fourth-order valence-electron chi connectivity index (χ4n) is 0. The van der Waals surface area contributed by atoms with Crippen LogP contribution in [0.2, 0.25) is 0 Å². The van der Waals surface area contributed by atoms with E-state index in [9.17, 15) is 0 Å². The molecule has 0 unspecified atom stereocenters. The average molecular weight is 287 g/mol. The molecule has 7 heteroatoms. The summed E-state index contributed by atoms with van der Waals surface area (Å²) in [6.07, 6.45) is 0. The third-order valence-corrected chi connectivity index (χ3v) is 0. The molecule has 0 fully saturated rings. The van der Waals surface area contributed by atoms with Crippen molar-refractivity contribution < 1.29 is 21.1 Å². The van der Waals surface area contributed by atoms with E-state index in [1.165, 1.54) is 0 Å². The van der Waals surface area contributed by atoms with E-state index in [1.807, 2.05) is 0 Å². The average Bonchev–Trinajstić information content (AvgIpc) is 1.50. The number of nitrogens with zero attached hydrogens (tertiary/aromatic N) is 2. The molecule has 0 aliphatic carbocycles. The molecular weight excluding hydrogens is 283 g/mol. The Labute approximate surface area is 55.0 Å². The van der Waals surface area contributed by atoms with Gasteiger partial charge in [-0.1, -0.05) is 0 Å². The quantitative estimate of drug-likeness (QED) is 0.671. The van der Waals surface area contributed by atoms with Gasteiger partial charge in [-0.3, -0.25) is 0 Å². The third-order valence-electron chi connectivity index (χ3n) is 0. The molecule has 0 aromatic heterocycles. The van der Waals surface area contributed by atoms with Crippen LogP contribution in [0.4, 0.5) is 0 Å². The van der Waals surface area contributed by atoms with Gasteiger partial charge in [0, 0.05) is 0 Å². The molecular formula is H4N4O2Pt. The van der Waals surface area contributed by atoms with Gasteiger partial charge in [0.1, 0.15) is 0 Å². The molecule has 4 N–H and O–H groups in total. The van der Waals surface area contributed by atoms with Crippen molar-refractivity contribution in [1.82, 2.24) is 0 Å². The fourth-order valence-corrected chi connectivity index (χ4v) is 0. The van der Waals surface area contributed by atoms with Crippen molar-refractivity contribution in [2.45, 2.75) is 0 Å². The van der Waals surface area contributed by atoms with Gasteiger partial charge in [0.05, 0.1) is 0 Å². The van der Waals surface area contributed by atoms with E-state index in [4.69, 9.17) is 21.0 Å². The Bertz CT molecular complexity index is 11.7. The number of hydrogen-bond donors (Lipinski definition) is 0. The van der Waals surface area contributed by atoms with Crippen LogP contribution in [-0.2, 0) is 21.1 Å². The second kappa shape index (κ2) is 3650. The van der Waals surface area contributed by atoms with Crippen molar-refractivity contribution in [2.75, 3.05) is 0 Å². The first kappa shape index (κ1) is 70.2. The Morgan fingerprint density at radius 3 is 0.714 bits per heavy atom. The molecule has 0 amide bonds. The standard InChI is InChI=1S/2NO.2H2N.Pt/c2*1-2;;;/h;;2*1H2;/q4*-1;+4. The summed E-state index contributed by atoms with van der Waals surface area (Å²) in [5.41, 5.74) is 11.5. The molecule has 0 saturated carbocycles. The first-order valence-electron chi connectivity index (χ1n) is 0.365. The van der Waals surface area contributed by atoms with E-state index in [0.717, 1.165) is 0 Å². The SMILES string of the molecule is [N-]=O.[N-]=O.[NH2-].[NH2-].[Pt+4]. The largest absolute Gasteiger partial charge is 4.00 e. The van der Waals surface area contributed by atoms with Gasteiger partial charge in [0.15, 0.2) is 0 Å². The molecule has 0 bridgehead atoms. The number of nitrogens with two attached hydrogens (primary N) is 2. The molecule has 0 aromatic carbocycles. The summed E-state index contributed by atoms with van der Waals surface area (Å²) in [6, 6.07) is 0. The normalized spacial score (nSPS) is 1.14. The van der Waals surface area contributed by atoms with E-state index in [-0.39, 0.29) is 33.4 Å². The van der Waals surface area contributed by atoms with Crippen LogP contribution in [0.1, 0.15) is 0 Å². The van der Waals surface area contributed by atoms with Gasteiger partial charge >= 0.3 is 21.1 Å². The van der Waals surface area contributed by atoms with Crippen LogP contribution in [0, 0.1) is 9.81 Å². The summed E-state index contributed by atoms with van der Waals surface area (Å²) in [5, 5.41) is 0. The summed E-state index contributed by atoms with van der Waals surface area (Å²) in [4.78, 5) is 14.5. The summed E-state index contributed by atoms with van der Waals surface area (Å²) in [5.74, 6) is 0. The zero-order chi connectivity index (χ0) is 4.00. The molecule has 0 heterocycles. The maximum atomic E-state index is 7.25. The van der Waals surface area contributed by atoms with Crippen molar-refractivity contribution in [3.63, 3.8) is 0 Å². The van der Waals surface area contributed by atoms with Gasteiger partial charge in [-0.05, 0) is 0 Å². The topological polar surface area (TPSA) is 146 Å². The minimum absolute atomic E-state index is 0. The molecule has 0 saturated heterocycles. The van der Waals surface area contributed by atoms with Crippen molar-refractivity contribution in [3.8, 4) is 0 Å². The molecule has 0 rings (SSSR count). The van der Waals surface area contributed by atoms with Gasteiger partial charge in [-0.15, -0.1) is 0 Å². The third kappa shape index (κ3) is 2290. The van der Waals surface area contributed by atoms with Crippen LogP contribution < -0.4 is 0 Å². The number of rotatable bonds is 0. The van der Waals surface area contributed by atoms with Crippen molar-refractivity contribution in [2.24, 2.45) is 0 Å².